The topological polar surface area (TPSA) is 46.6 Å². The molecule has 0 atom stereocenters. The molecule has 0 bridgehead atoms. The highest BCUT2D eigenvalue weighted by molar-refractivity contribution is 14.1. The summed E-state index contributed by atoms with van der Waals surface area (Å²) in [7, 11) is 0. The van der Waals surface area contributed by atoms with Crippen molar-refractivity contribution in [2.75, 3.05) is 19.7 Å². The lowest BCUT2D eigenvalue weighted by atomic mass is 10.1. The van der Waals surface area contributed by atoms with Gasteiger partial charge in [0.25, 0.3) is 5.91 Å². The number of rotatable bonds is 7. The van der Waals surface area contributed by atoms with Gasteiger partial charge < -0.3 is 9.64 Å². The lowest BCUT2D eigenvalue weighted by Crippen LogP contribution is -2.35. The van der Waals surface area contributed by atoms with Gasteiger partial charge in [-0.1, -0.05) is 0 Å². The van der Waals surface area contributed by atoms with Gasteiger partial charge in [0, 0.05) is 22.2 Å². The maximum atomic E-state index is 13.6. The third-order valence-electron chi connectivity index (χ3n) is 3.52. The third kappa shape index (κ3) is 4.93. The summed E-state index contributed by atoms with van der Waals surface area (Å²) in [6, 6.07) is 4.47. The summed E-state index contributed by atoms with van der Waals surface area (Å²) in [5.41, 5.74) is 0.322. The molecule has 0 N–H and O–H groups in total. The average molecular weight is 419 g/mol. The van der Waals surface area contributed by atoms with E-state index in [0.29, 0.717) is 34.7 Å². The molecule has 2 rings (SSSR count). The van der Waals surface area contributed by atoms with E-state index in [9.17, 15) is 14.0 Å². The summed E-state index contributed by atoms with van der Waals surface area (Å²) in [5.74, 6) is -0.445. The molecule has 1 saturated carbocycles. The minimum absolute atomic E-state index is 0.166. The Morgan fingerprint density at radius 1 is 1.41 bits per heavy atom. The number of ether oxygens (including phenoxy) is 1. The van der Waals surface area contributed by atoms with Crippen molar-refractivity contribution in [3.05, 3.63) is 33.1 Å². The lowest BCUT2D eigenvalue weighted by Gasteiger charge is -2.22. The molecule has 22 heavy (non-hydrogen) atoms. The number of esters is 1. The molecular formula is C16H19FINO3. The Labute approximate surface area is 143 Å². The number of hydrogen-bond donors (Lipinski definition) is 0. The minimum Gasteiger partial charge on any atom is -0.466 e. The van der Waals surface area contributed by atoms with Crippen molar-refractivity contribution in [3.63, 3.8) is 0 Å². The van der Waals surface area contributed by atoms with Gasteiger partial charge in [0.05, 0.1) is 13.0 Å². The summed E-state index contributed by atoms with van der Waals surface area (Å²) in [4.78, 5) is 25.7. The highest BCUT2D eigenvalue weighted by atomic mass is 127. The van der Waals surface area contributed by atoms with Gasteiger partial charge in [-0.05, 0) is 66.5 Å². The molecule has 6 heteroatoms. The number of amides is 1. The van der Waals surface area contributed by atoms with E-state index < -0.39 is 5.82 Å². The first-order chi connectivity index (χ1) is 10.5. The molecular weight excluding hydrogens is 400 g/mol. The van der Waals surface area contributed by atoms with Gasteiger partial charge in [0.2, 0.25) is 0 Å². The van der Waals surface area contributed by atoms with Gasteiger partial charge in [-0.3, -0.25) is 9.59 Å². The molecule has 1 aromatic rings. The van der Waals surface area contributed by atoms with Gasteiger partial charge in [0.15, 0.2) is 0 Å². The first kappa shape index (κ1) is 17.2. The second-order valence-corrected chi connectivity index (χ2v) is 6.54. The minimum atomic E-state index is -0.400. The molecule has 0 aliphatic heterocycles. The smallest absolute Gasteiger partial charge is 0.307 e. The molecule has 0 radical (unpaired) electrons. The van der Waals surface area contributed by atoms with E-state index in [-0.39, 0.29) is 18.3 Å². The molecule has 1 aromatic carbocycles. The van der Waals surface area contributed by atoms with Gasteiger partial charge in [-0.15, -0.1) is 0 Å². The second-order valence-electron chi connectivity index (χ2n) is 5.38. The SMILES string of the molecule is CCOC(=O)CCN(CC1CC1)C(=O)c1ccc(I)c(F)c1. The normalized spacial score (nSPS) is 13.8. The van der Waals surface area contributed by atoms with Crippen molar-refractivity contribution in [2.45, 2.75) is 26.2 Å². The fourth-order valence-corrected chi connectivity index (χ4v) is 2.49. The van der Waals surface area contributed by atoms with Crippen LogP contribution in [-0.4, -0.2) is 36.5 Å². The molecule has 1 fully saturated rings. The predicted molar refractivity (Wildman–Crippen MR) is 89.0 cm³/mol. The summed E-state index contributed by atoms with van der Waals surface area (Å²) in [6.45, 7) is 3.00. The first-order valence-corrected chi connectivity index (χ1v) is 8.49. The largest absolute Gasteiger partial charge is 0.466 e. The predicted octanol–water partition coefficient (Wildman–Crippen LogP) is 3.24. The van der Waals surface area contributed by atoms with Crippen molar-refractivity contribution in [2.24, 2.45) is 5.92 Å². The first-order valence-electron chi connectivity index (χ1n) is 7.41. The van der Waals surface area contributed by atoms with Crippen LogP contribution in [0.4, 0.5) is 4.39 Å². The average Bonchev–Trinajstić information content (AvgIpc) is 3.30. The zero-order chi connectivity index (χ0) is 16.1. The Morgan fingerprint density at radius 2 is 2.14 bits per heavy atom. The summed E-state index contributed by atoms with van der Waals surface area (Å²) >= 11 is 1.89. The number of hydrogen-bond acceptors (Lipinski definition) is 3. The zero-order valence-corrected chi connectivity index (χ0v) is 14.6. The van der Waals surface area contributed by atoms with Crippen molar-refractivity contribution < 1.29 is 18.7 Å². The Kier molecular flexibility index (Phi) is 6.16. The maximum absolute atomic E-state index is 13.6. The van der Waals surface area contributed by atoms with Crippen LogP contribution in [0.15, 0.2) is 18.2 Å². The number of halogens is 2. The number of carbonyl (C=O) groups excluding carboxylic acids is 2. The Bertz CT molecular complexity index is 560. The molecule has 1 aliphatic carbocycles. The number of benzene rings is 1. The van der Waals surface area contributed by atoms with Crippen molar-refractivity contribution >= 4 is 34.5 Å². The van der Waals surface area contributed by atoms with Crippen LogP contribution in [0.1, 0.15) is 36.5 Å². The van der Waals surface area contributed by atoms with Crippen LogP contribution in [-0.2, 0) is 9.53 Å². The van der Waals surface area contributed by atoms with Crippen LogP contribution < -0.4 is 0 Å². The van der Waals surface area contributed by atoms with E-state index >= 15 is 0 Å². The monoisotopic (exact) mass is 419 g/mol. The molecule has 0 saturated heterocycles. The Hall–Kier alpha value is -1.18. The lowest BCUT2D eigenvalue weighted by molar-refractivity contribution is -0.143. The van der Waals surface area contributed by atoms with Crippen LogP contribution in [0.3, 0.4) is 0 Å². The van der Waals surface area contributed by atoms with Crippen molar-refractivity contribution in [1.82, 2.24) is 4.90 Å². The second kappa shape index (κ2) is 7.89. The zero-order valence-electron chi connectivity index (χ0n) is 12.5. The molecule has 1 aliphatic rings. The van der Waals surface area contributed by atoms with E-state index in [1.807, 2.05) is 22.6 Å². The van der Waals surface area contributed by atoms with E-state index in [2.05, 4.69) is 0 Å². The van der Waals surface area contributed by atoms with E-state index in [1.165, 1.54) is 6.07 Å². The van der Waals surface area contributed by atoms with E-state index in [4.69, 9.17) is 4.74 Å². The van der Waals surface area contributed by atoms with Gasteiger partial charge in [-0.25, -0.2) is 4.39 Å². The molecule has 1 amide bonds. The van der Waals surface area contributed by atoms with E-state index in [0.717, 1.165) is 12.8 Å². The third-order valence-corrected chi connectivity index (χ3v) is 4.40. The van der Waals surface area contributed by atoms with Crippen LogP contribution in [0, 0.1) is 15.3 Å². The van der Waals surface area contributed by atoms with Gasteiger partial charge >= 0.3 is 5.97 Å². The van der Waals surface area contributed by atoms with Crippen molar-refractivity contribution in [1.29, 1.82) is 0 Å². The summed E-state index contributed by atoms with van der Waals surface area (Å²) in [5, 5.41) is 0. The highest BCUT2D eigenvalue weighted by Gasteiger charge is 2.28. The maximum Gasteiger partial charge on any atom is 0.307 e. The van der Waals surface area contributed by atoms with E-state index in [1.54, 1.807) is 24.0 Å². The molecule has 0 aromatic heterocycles. The Morgan fingerprint density at radius 3 is 2.73 bits per heavy atom. The Balaban J connectivity index is 2.04. The molecule has 4 nitrogen and oxygen atoms in total. The standard InChI is InChI=1S/C16H19FINO3/c1-2-22-15(20)7-8-19(10-11-3-4-11)16(21)12-5-6-14(18)13(17)9-12/h5-6,9,11H,2-4,7-8,10H2,1H3. The fraction of sp³-hybridized carbons (Fsp3) is 0.500. The van der Waals surface area contributed by atoms with Crippen molar-refractivity contribution in [3.8, 4) is 0 Å². The van der Waals surface area contributed by atoms with Gasteiger partial charge in [0.1, 0.15) is 5.82 Å². The molecule has 0 spiro atoms. The molecule has 0 unspecified atom stereocenters. The molecule has 0 heterocycles. The van der Waals surface area contributed by atoms with Crippen LogP contribution >= 0.6 is 22.6 Å². The summed E-state index contributed by atoms with van der Waals surface area (Å²) in [6.07, 6.45) is 2.37. The fourth-order valence-electron chi connectivity index (χ4n) is 2.16. The highest BCUT2D eigenvalue weighted by Crippen LogP contribution is 2.30. The van der Waals surface area contributed by atoms with Gasteiger partial charge in [-0.2, -0.15) is 0 Å². The van der Waals surface area contributed by atoms with Crippen LogP contribution in [0.2, 0.25) is 0 Å². The van der Waals surface area contributed by atoms with Crippen LogP contribution in [0.25, 0.3) is 0 Å². The number of nitrogens with zero attached hydrogens (tertiary/aromatic N) is 1. The quantitative estimate of drug-likeness (QED) is 0.504. The summed E-state index contributed by atoms with van der Waals surface area (Å²) < 4.78 is 19.0. The van der Waals surface area contributed by atoms with Crippen LogP contribution in [0.5, 0.6) is 0 Å². The number of carbonyl (C=O) groups is 2. The molecule has 120 valence electrons.